The number of hydrogen-bond acceptors (Lipinski definition) is 2. The molecule has 14 heavy (non-hydrogen) atoms. The molecular formula is C10H14Cl2N2. The van der Waals surface area contributed by atoms with Crippen molar-refractivity contribution in [1.82, 2.24) is 0 Å². The van der Waals surface area contributed by atoms with Gasteiger partial charge >= 0.3 is 0 Å². The lowest BCUT2D eigenvalue weighted by Crippen LogP contribution is -2.10. The number of benzene rings is 1. The van der Waals surface area contributed by atoms with Gasteiger partial charge in [0.1, 0.15) is 0 Å². The van der Waals surface area contributed by atoms with E-state index >= 15 is 0 Å². The maximum Gasteiger partial charge on any atom is 0.0824 e. The van der Waals surface area contributed by atoms with E-state index in [0.29, 0.717) is 15.7 Å². The quantitative estimate of drug-likeness (QED) is 0.786. The molecule has 0 spiro atoms. The Bertz CT molecular complexity index is 326. The van der Waals surface area contributed by atoms with Gasteiger partial charge in [0.05, 0.1) is 15.7 Å². The van der Waals surface area contributed by atoms with Crippen molar-refractivity contribution < 1.29 is 0 Å². The first-order valence-corrected chi connectivity index (χ1v) is 5.32. The van der Waals surface area contributed by atoms with Gasteiger partial charge in [0.2, 0.25) is 0 Å². The first kappa shape index (κ1) is 11.6. The highest BCUT2D eigenvalue weighted by molar-refractivity contribution is 6.44. The van der Waals surface area contributed by atoms with Crippen molar-refractivity contribution >= 4 is 28.9 Å². The molecule has 1 aromatic carbocycles. The highest BCUT2D eigenvalue weighted by Crippen LogP contribution is 2.34. The summed E-state index contributed by atoms with van der Waals surface area (Å²) < 4.78 is 0. The van der Waals surface area contributed by atoms with E-state index in [1.54, 1.807) is 6.07 Å². The average molecular weight is 233 g/mol. The summed E-state index contributed by atoms with van der Waals surface area (Å²) in [7, 11) is 0. The monoisotopic (exact) mass is 232 g/mol. The second kappa shape index (κ2) is 4.87. The molecule has 0 aliphatic heterocycles. The molecule has 4 N–H and O–H groups in total. The molecule has 0 radical (unpaired) electrons. The minimum Gasteiger partial charge on any atom is -0.397 e. The summed E-state index contributed by atoms with van der Waals surface area (Å²) >= 11 is 12.0. The third kappa shape index (κ3) is 2.32. The van der Waals surface area contributed by atoms with Gasteiger partial charge in [-0.15, -0.1) is 0 Å². The van der Waals surface area contributed by atoms with E-state index in [4.69, 9.17) is 34.7 Å². The molecule has 2 nitrogen and oxygen atoms in total. The van der Waals surface area contributed by atoms with Gasteiger partial charge in [-0.25, -0.2) is 0 Å². The van der Waals surface area contributed by atoms with Crippen molar-refractivity contribution in [2.45, 2.75) is 25.8 Å². The fourth-order valence-corrected chi connectivity index (χ4v) is 1.82. The van der Waals surface area contributed by atoms with Crippen LogP contribution in [0.4, 0.5) is 5.69 Å². The van der Waals surface area contributed by atoms with Gasteiger partial charge in [0.25, 0.3) is 0 Å². The molecule has 0 heterocycles. The molecule has 1 aromatic rings. The Balaban J connectivity index is 3.04. The minimum atomic E-state index is -0.0643. The topological polar surface area (TPSA) is 52.0 Å². The van der Waals surface area contributed by atoms with Crippen molar-refractivity contribution in [3.8, 4) is 0 Å². The molecule has 1 rings (SSSR count). The van der Waals surface area contributed by atoms with Crippen LogP contribution >= 0.6 is 23.2 Å². The number of hydrogen-bond donors (Lipinski definition) is 2. The summed E-state index contributed by atoms with van der Waals surface area (Å²) in [6, 6.07) is 3.51. The van der Waals surface area contributed by atoms with Crippen LogP contribution in [0.5, 0.6) is 0 Å². The molecule has 4 heteroatoms. The molecule has 0 saturated carbocycles. The molecule has 0 aliphatic carbocycles. The molecule has 0 fully saturated rings. The zero-order valence-corrected chi connectivity index (χ0v) is 9.57. The predicted molar refractivity (Wildman–Crippen MR) is 62.7 cm³/mol. The fraction of sp³-hybridized carbons (Fsp3) is 0.400. The van der Waals surface area contributed by atoms with E-state index in [1.807, 2.05) is 6.07 Å². The number of nitrogen functional groups attached to an aromatic ring is 1. The molecular weight excluding hydrogens is 219 g/mol. The maximum atomic E-state index is 6.04. The Hall–Kier alpha value is -0.440. The van der Waals surface area contributed by atoms with E-state index in [1.165, 1.54) is 0 Å². The van der Waals surface area contributed by atoms with Gasteiger partial charge in [-0.3, -0.25) is 0 Å². The van der Waals surface area contributed by atoms with Crippen LogP contribution in [0.15, 0.2) is 12.1 Å². The summed E-state index contributed by atoms with van der Waals surface area (Å²) in [4.78, 5) is 0. The summed E-state index contributed by atoms with van der Waals surface area (Å²) in [5, 5.41) is 0.878. The Morgan fingerprint density at radius 2 is 1.93 bits per heavy atom. The Morgan fingerprint density at radius 3 is 2.50 bits per heavy atom. The molecule has 78 valence electrons. The van der Waals surface area contributed by atoms with Crippen LogP contribution in [0.25, 0.3) is 0 Å². The number of nitrogens with two attached hydrogens (primary N) is 2. The number of halogens is 2. The van der Waals surface area contributed by atoms with Gasteiger partial charge in [0.15, 0.2) is 0 Å². The van der Waals surface area contributed by atoms with E-state index in [0.717, 1.165) is 18.4 Å². The smallest absolute Gasteiger partial charge is 0.0824 e. The van der Waals surface area contributed by atoms with Crippen molar-refractivity contribution in [1.29, 1.82) is 0 Å². The van der Waals surface area contributed by atoms with Gasteiger partial charge in [-0.05, 0) is 18.1 Å². The lowest BCUT2D eigenvalue weighted by atomic mass is 10.0. The molecule has 0 amide bonds. The Morgan fingerprint density at radius 1 is 1.29 bits per heavy atom. The third-order valence-corrected chi connectivity index (χ3v) is 3.05. The summed E-state index contributed by atoms with van der Waals surface area (Å²) in [6.45, 7) is 2.08. The van der Waals surface area contributed by atoms with Crippen molar-refractivity contribution in [3.63, 3.8) is 0 Å². The zero-order valence-electron chi connectivity index (χ0n) is 8.06. The van der Waals surface area contributed by atoms with Crippen molar-refractivity contribution in [2.75, 3.05) is 5.73 Å². The van der Waals surface area contributed by atoms with Gasteiger partial charge < -0.3 is 11.5 Å². The van der Waals surface area contributed by atoms with Crippen LogP contribution in [0.3, 0.4) is 0 Å². The highest BCUT2D eigenvalue weighted by atomic mass is 35.5. The van der Waals surface area contributed by atoms with Crippen molar-refractivity contribution in [2.24, 2.45) is 5.73 Å². The van der Waals surface area contributed by atoms with Crippen LogP contribution in [-0.4, -0.2) is 0 Å². The predicted octanol–water partition coefficient (Wildman–Crippen LogP) is 3.38. The lowest BCUT2D eigenvalue weighted by molar-refractivity contribution is 0.639. The van der Waals surface area contributed by atoms with E-state index in [-0.39, 0.29) is 6.04 Å². The van der Waals surface area contributed by atoms with E-state index < -0.39 is 0 Å². The van der Waals surface area contributed by atoms with Gasteiger partial charge in [-0.2, -0.15) is 0 Å². The normalized spacial score (nSPS) is 12.9. The highest BCUT2D eigenvalue weighted by Gasteiger charge is 2.13. The maximum absolute atomic E-state index is 6.04. The van der Waals surface area contributed by atoms with Crippen LogP contribution in [0.1, 0.15) is 31.4 Å². The standard InChI is InChI=1S/C10H14Cl2N2/c1-2-3-7(13)6-4-5-8(14)10(12)9(6)11/h4-5,7H,2-3,13-14H2,1H3/t7-/m0/s1. The number of rotatable bonds is 3. The second-order valence-corrected chi connectivity index (χ2v) is 4.02. The zero-order chi connectivity index (χ0) is 10.7. The summed E-state index contributed by atoms with van der Waals surface area (Å²) in [5.41, 5.74) is 12.9. The van der Waals surface area contributed by atoms with Crippen molar-refractivity contribution in [3.05, 3.63) is 27.7 Å². The van der Waals surface area contributed by atoms with Gasteiger partial charge in [-0.1, -0.05) is 42.6 Å². The minimum absolute atomic E-state index is 0.0643. The largest absolute Gasteiger partial charge is 0.397 e. The van der Waals surface area contributed by atoms with Gasteiger partial charge in [0, 0.05) is 6.04 Å². The van der Waals surface area contributed by atoms with Crippen LogP contribution in [0.2, 0.25) is 10.0 Å². The lowest BCUT2D eigenvalue weighted by Gasteiger charge is -2.14. The summed E-state index contributed by atoms with van der Waals surface area (Å²) in [5.74, 6) is 0. The molecule has 0 aliphatic rings. The molecule has 0 aromatic heterocycles. The second-order valence-electron chi connectivity index (χ2n) is 3.27. The molecule has 1 atom stereocenters. The molecule has 0 saturated heterocycles. The first-order valence-electron chi connectivity index (χ1n) is 4.56. The Kier molecular flexibility index (Phi) is 4.05. The van der Waals surface area contributed by atoms with Crippen LogP contribution in [0, 0.1) is 0 Å². The fourth-order valence-electron chi connectivity index (χ4n) is 1.33. The summed E-state index contributed by atoms with van der Waals surface area (Å²) in [6.07, 6.45) is 1.90. The molecule has 0 bridgehead atoms. The first-order chi connectivity index (χ1) is 6.57. The number of anilines is 1. The third-order valence-electron chi connectivity index (χ3n) is 2.14. The SMILES string of the molecule is CCC[C@H](N)c1ccc(N)c(Cl)c1Cl. The van der Waals surface area contributed by atoms with Crippen LogP contribution < -0.4 is 11.5 Å². The van der Waals surface area contributed by atoms with E-state index in [9.17, 15) is 0 Å². The Labute approximate surface area is 94.2 Å². The van der Waals surface area contributed by atoms with Crippen LogP contribution in [-0.2, 0) is 0 Å². The van der Waals surface area contributed by atoms with E-state index in [2.05, 4.69) is 6.92 Å². The molecule has 0 unspecified atom stereocenters. The average Bonchev–Trinajstić information content (AvgIpc) is 2.15.